The second kappa shape index (κ2) is 3.09. The van der Waals surface area contributed by atoms with E-state index in [1.807, 2.05) is 6.20 Å². The zero-order valence-corrected chi connectivity index (χ0v) is 9.95. The molecule has 2 saturated carbocycles. The van der Waals surface area contributed by atoms with Crippen molar-refractivity contribution in [2.45, 2.75) is 44.9 Å². The molecule has 4 rings (SSSR count). The molecule has 0 N–H and O–H groups in total. The Morgan fingerprint density at radius 2 is 2.19 bits per heavy atom. The molecule has 0 aromatic carbocycles. The van der Waals surface area contributed by atoms with Crippen molar-refractivity contribution in [3.63, 3.8) is 0 Å². The summed E-state index contributed by atoms with van der Waals surface area (Å²) in [5.41, 5.74) is 4.38. The third-order valence-electron chi connectivity index (χ3n) is 5.31. The molecule has 1 heterocycles. The van der Waals surface area contributed by atoms with E-state index in [0.29, 0.717) is 0 Å². The van der Waals surface area contributed by atoms with Gasteiger partial charge >= 0.3 is 0 Å². The molecule has 0 bridgehead atoms. The molecule has 1 nitrogen and oxygen atoms in total. The van der Waals surface area contributed by atoms with Gasteiger partial charge in [-0.15, -0.1) is 0 Å². The number of nitrogens with zero attached hydrogens (tertiary/aromatic N) is 1. The largest absolute Gasteiger partial charge is 0.261 e. The first-order valence-corrected chi connectivity index (χ1v) is 6.78. The Bertz CT molecular complexity index is 437. The van der Waals surface area contributed by atoms with Crippen LogP contribution in [0.5, 0.6) is 0 Å². The summed E-state index contributed by atoms with van der Waals surface area (Å²) in [5, 5.41) is 0. The first-order valence-electron chi connectivity index (χ1n) is 6.78. The van der Waals surface area contributed by atoms with Gasteiger partial charge in [-0.25, -0.2) is 0 Å². The highest BCUT2D eigenvalue weighted by molar-refractivity contribution is 5.36. The predicted molar refractivity (Wildman–Crippen MR) is 64.4 cm³/mol. The fourth-order valence-corrected chi connectivity index (χ4v) is 4.71. The molecule has 4 atom stereocenters. The Kier molecular flexibility index (Phi) is 1.78. The van der Waals surface area contributed by atoms with Crippen LogP contribution in [-0.4, -0.2) is 4.98 Å². The van der Waals surface area contributed by atoms with E-state index in [1.165, 1.54) is 43.4 Å². The van der Waals surface area contributed by atoms with Gasteiger partial charge in [0.15, 0.2) is 0 Å². The Balaban J connectivity index is 1.75. The lowest BCUT2D eigenvalue weighted by molar-refractivity contribution is 0.350. The van der Waals surface area contributed by atoms with E-state index in [1.54, 1.807) is 5.56 Å². The number of aromatic nitrogens is 1. The summed E-state index contributed by atoms with van der Waals surface area (Å²) < 4.78 is 0. The maximum absolute atomic E-state index is 4.66. The van der Waals surface area contributed by atoms with Crippen LogP contribution in [0.4, 0.5) is 0 Å². The van der Waals surface area contributed by atoms with Gasteiger partial charge in [0.25, 0.3) is 0 Å². The summed E-state index contributed by atoms with van der Waals surface area (Å²) >= 11 is 0. The molecule has 2 fully saturated rings. The molecule has 0 unspecified atom stereocenters. The normalized spacial score (nSPS) is 39.6. The number of hydrogen-bond donors (Lipinski definition) is 0. The van der Waals surface area contributed by atoms with Crippen molar-refractivity contribution in [3.05, 3.63) is 29.1 Å². The molecule has 1 aromatic rings. The zero-order chi connectivity index (χ0) is 10.7. The smallest absolute Gasteiger partial charge is 0.0441 e. The monoisotopic (exact) mass is 213 g/mol. The first kappa shape index (κ1) is 9.21. The molecule has 16 heavy (non-hydrogen) atoms. The summed E-state index contributed by atoms with van der Waals surface area (Å²) in [4.78, 5) is 4.66. The lowest BCUT2D eigenvalue weighted by atomic mass is 9.88. The molecular weight excluding hydrogens is 194 g/mol. The van der Waals surface area contributed by atoms with E-state index in [2.05, 4.69) is 18.0 Å². The van der Waals surface area contributed by atoms with Gasteiger partial charge in [-0.05, 0) is 61.0 Å². The van der Waals surface area contributed by atoms with Gasteiger partial charge in [-0.1, -0.05) is 18.9 Å². The van der Waals surface area contributed by atoms with Gasteiger partial charge in [-0.3, -0.25) is 4.98 Å². The molecule has 0 radical (unpaired) electrons. The van der Waals surface area contributed by atoms with E-state index in [4.69, 9.17) is 0 Å². The van der Waals surface area contributed by atoms with Crippen molar-refractivity contribution in [1.29, 1.82) is 0 Å². The summed E-state index contributed by atoms with van der Waals surface area (Å²) in [6.07, 6.45) is 9.29. The Hall–Kier alpha value is -0.850. The molecule has 0 saturated heterocycles. The van der Waals surface area contributed by atoms with Gasteiger partial charge in [0.1, 0.15) is 0 Å². The van der Waals surface area contributed by atoms with Crippen molar-refractivity contribution in [1.82, 2.24) is 4.98 Å². The van der Waals surface area contributed by atoms with Crippen LogP contribution in [0.25, 0.3) is 0 Å². The van der Waals surface area contributed by atoms with E-state index < -0.39 is 0 Å². The number of hydrogen-bond acceptors (Lipinski definition) is 1. The number of fused-ring (bicyclic) bond motifs is 5. The minimum absolute atomic E-state index is 0.873. The van der Waals surface area contributed by atoms with Crippen LogP contribution in [0.3, 0.4) is 0 Å². The number of aryl methyl sites for hydroxylation is 1. The molecule has 1 aromatic heterocycles. The summed E-state index contributed by atoms with van der Waals surface area (Å²) in [6.45, 7) is 2.18. The van der Waals surface area contributed by atoms with Crippen LogP contribution in [-0.2, 0) is 6.42 Å². The SMILES string of the molecule is Cc1cnc2c(c1)[C@@H]1C[C@@H]3CCC[C@@H]3[C@@H]1C2. The van der Waals surface area contributed by atoms with Crippen molar-refractivity contribution in [2.24, 2.45) is 17.8 Å². The quantitative estimate of drug-likeness (QED) is 0.643. The van der Waals surface area contributed by atoms with Crippen LogP contribution >= 0.6 is 0 Å². The second-order valence-corrected chi connectivity index (χ2v) is 6.11. The van der Waals surface area contributed by atoms with Crippen LogP contribution in [0.1, 0.15) is 48.4 Å². The standard InChI is InChI=1S/C15H19N/c1-9-5-14-12-6-10-3-2-4-11(10)13(12)7-15(14)16-8-9/h5,8,10-13H,2-4,6-7H2,1H3/t10-,11-,12+,13-/m0/s1. The van der Waals surface area contributed by atoms with Crippen LogP contribution in [0.15, 0.2) is 12.3 Å². The van der Waals surface area contributed by atoms with Crippen molar-refractivity contribution >= 4 is 0 Å². The van der Waals surface area contributed by atoms with Crippen molar-refractivity contribution in [3.8, 4) is 0 Å². The zero-order valence-electron chi connectivity index (χ0n) is 9.95. The Morgan fingerprint density at radius 3 is 3.12 bits per heavy atom. The molecule has 0 amide bonds. The number of rotatable bonds is 0. The lowest BCUT2D eigenvalue weighted by Crippen LogP contribution is -2.11. The second-order valence-electron chi connectivity index (χ2n) is 6.11. The summed E-state index contributed by atoms with van der Waals surface area (Å²) in [7, 11) is 0. The Labute approximate surface area is 97.3 Å². The highest BCUT2D eigenvalue weighted by Crippen LogP contribution is 2.58. The summed E-state index contributed by atoms with van der Waals surface area (Å²) in [5.74, 6) is 3.93. The van der Waals surface area contributed by atoms with Crippen LogP contribution < -0.4 is 0 Å². The molecule has 0 spiro atoms. The van der Waals surface area contributed by atoms with Gasteiger partial charge < -0.3 is 0 Å². The lowest BCUT2D eigenvalue weighted by Gasteiger charge is -2.16. The molecular formula is C15H19N. The fraction of sp³-hybridized carbons (Fsp3) is 0.667. The molecule has 0 aliphatic heterocycles. The molecule has 3 aliphatic rings. The van der Waals surface area contributed by atoms with Crippen molar-refractivity contribution < 1.29 is 0 Å². The fourth-order valence-electron chi connectivity index (χ4n) is 4.71. The highest BCUT2D eigenvalue weighted by atomic mass is 14.7. The first-order chi connectivity index (χ1) is 7.83. The van der Waals surface area contributed by atoms with E-state index >= 15 is 0 Å². The van der Waals surface area contributed by atoms with Crippen LogP contribution in [0, 0.1) is 24.7 Å². The van der Waals surface area contributed by atoms with E-state index in [9.17, 15) is 0 Å². The Morgan fingerprint density at radius 1 is 1.25 bits per heavy atom. The number of pyridine rings is 1. The molecule has 3 aliphatic carbocycles. The molecule has 1 heteroatoms. The maximum atomic E-state index is 4.66. The van der Waals surface area contributed by atoms with Gasteiger partial charge in [0, 0.05) is 11.9 Å². The topological polar surface area (TPSA) is 12.9 Å². The third-order valence-corrected chi connectivity index (χ3v) is 5.31. The average molecular weight is 213 g/mol. The van der Waals surface area contributed by atoms with Gasteiger partial charge in [-0.2, -0.15) is 0 Å². The van der Waals surface area contributed by atoms with Gasteiger partial charge in [0.05, 0.1) is 0 Å². The third kappa shape index (κ3) is 1.09. The maximum Gasteiger partial charge on any atom is 0.0441 e. The van der Waals surface area contributed by atoms with E-state index in [0.717, 1.165) is 23.7 Å². The summed E-state index contributed by atoms with van der Waals surface area (Å²) in [6, 6.07) is 2.41. The average Bonchev–Trinajstić information content (AvgIpc) is 2.88. The van der Waals surface area contributed by atoms with Crippen molar-refractivity contribution in [2.75, 3.05) is 0 Å². The molecule has 84 valence electrons. The van der Waals surface area contributed by atoms with E-state index in [-0.39, 0.29) is 0 Å². The van der Waals surface area contributed by atoms with Crippen LogP contribution in [0.2, 0.25) is 0 Å². The minimum Gasteiger partial charge on any atom is -0.261 e. The van der Waals surface area contributed by atoms with Gasteiger partial charge in [0.2, 0.25) is 0 Å². The minimum atomic E-state index is 0.873. The predicted octanol–water partition coefficient (Wildman–Crippen LogP) is 3.47. The highest BCUT2D eigenvalue weighted by Gasteiger charge is 2.49.